The largest absolute Gasteiger partial charge is 0.495 e. The third kappa shape index (κ3) is 2.49. The van der Waals surface area contributed by atoms with Gasteiger partial charge in [0.15, 0.2) is 5.58 Å². The smallest absolute Gasteiger partial charge is 0.454 e. The topological polar surface area (TPSA) is 47.4 Å². The van der Waals surface area contributed by atoms with Crippen LogP contribution in [-0.4, -0.2) is 23.3 Å². The number of fused-ring (bicyclic) bond motifs is 9. The highest BCUT2D eigenvalue weighted by Gasteiger charge is 2.52. The lowest BCUT2D eigenvalue weighted by Gasteiger charge is -2.32. The number of rotatable bonds is 1. The lowest BCUT2D eigenvalue weighted by molar-refractivity contribution is 0.00578. The van der Waals surface area contributed by atoms with Crippen molar-refractivity contribution >= 4 is 67.1 Å². The molecular weight excluding hydrogens is 409 g/mol. The standard InChI is InChI=1S/C28H24BNO3/c1-27(2)28(3,4)33-29(32-27)20-15-19-18-11-7-8-12-22(18)31-26(19)25-24(20)23-17-10-6-5-9-16(17)13-14-21(23)30-25/h5-15,30H,1-4H3. The zero-order valence-corrected chi connectivity index (χ0v) is 19.2. The Morgan fingerprint density at radius 1 is 0.727 bits per heavy atom. The summed E-state index contributed by atoms with van der Waals surface area (Å²) in [5.74, 6) is 0. The number of nitrogens with one attached hydrogen (secondary N) is 1. The van der Waals surface area contributed by atoms with E-state index in [9.17, 15) is 0 Å². The number of aromatic nitrogens is 1. The number of furan rings is 1. The Bertz CT molecular complexity index is 1720. The highest BCUT2D eigenvalue weighted by Crippen LogP contribution is 2.41. The highest BCUT2D eigenvalue weighted by molar-refractivity contribution is 6.67. The van der Waals surface area contributed by atoms with Gasteiger partial charge in [0.2, 0.25) is 0 Å². The Morgan fingerprint density at radius 3 is 2.21 bits per heavy atom. The maximum absolute atomic E-state index is 6.56. The van der Waals surface area contributed by atoms with Crippen molar-refractivity contribution < 1.29 is 13.7 Å². The highest BCUT2D eigenvalue weighted by atomic mass is 16.7. The molecule has 5 heteroatoms. The summed E-state index contributed by atoms with van der Waals surface area (Å²) in [6.07, 6.45) is 0. The van der Waals surface area contributed by atoms with E-state index in [4.69, 9.17) is 13.7 Å². The van der Waals surface area contributed by atoms with E-state index in [0.717, 1.165) is 43.8 Å². The van der Waals surface area contributed by atoms with Crippen LogP contribution in [0.25, 0.3) is 54.5 Å². The molecule has 1 saturated heterocycles. The number of hydrogen-bond donors (Lipinski definition) is 1. The fourth-order valence-corrected chi connectivity index (χ4v) is 5.20. The van der Waals surface area contributed by atoms with Crippen molar-refractivity contribution in [3.8, 4) is 0 Å². The van der Waals surface area contributed by atoms with Crippen LogP contribution in [0, 0.1) is 0 Å². The summed E-state index contributed by atoms with van der Waals surface area (Å²) in [7, 11) is -0.478. The minimum Gasteiger partial charge on any atom is -0.454 e. The fourth-order valence-electron chi connectivity index (χ4n) is 5.20. The van der Waals surface area contributed by atoms with Crippen molar-refractivity contribution in [1.82, 2.24) is 4.98 Å². The van der Waals surface area contributed by atoms with Gasteiger partial charge in [0.1, 0.15) is 5.58 Å². The van der Waals surface area contributed by atoms with E-state index in [0.29, 0.717) is 0 Å². The summed E-state index contributed by atoms with van der Waals surface area (Å²) >= 11 is 0. The minimum atomic E-state index is -0.478. The van der Waals surface area contributed by atoms with Crippen LogP contribution in [-0.2, 0) is 9.31 Å². The molecule has 4 aromatic carbocycles. The van der Waals surface area contributed by atoms with Crippen molar-refractivity contribution in [2.45, 2.75) is 38.9 Å². The Morgan fingerprint density at radius 2 is 1.42 bits per heavy atom. The van der Waals surface area contributed by atoms with Crippen LogP contribution in [0.3, 0.4) is 0 Å². The second-order valence-electron chi connectivity index (χ2n) is 10.1. The lowest BCUT2D eigenvalue weighted by Crippen LogP contribution is -2.41. The Labute approximate surface area is 191 Å². The maximum Gasteiger partial charge on any atom is 0.495 e. The molecule has 3 heterocycles. The zero-order chi connectivity index (χ0) is 22.5. The third-order valence-electron chi connectivity index (χ3n) is 7.65. The molecule has 4 nitrogen and oxygen atoms in total. The van der Waals surface area contributed by atoms with Crippen molar-refractivity contribution in [3.05, 3.63) is 66.7 Å². The summed E-state index contributed by atoms with van der Waals surface area (Å²) in [5, 5.41) is 6.85. The predicted octanol–water partition coefficient (Wildman–Crippen LogP) is 6.67. The molecule has 1 aliphatic rings. The van der Waals surface area contributed by atoms with Gasteiger partial charge in [0, 0.05) is 27.1 Å². The lowest BCUT2D eigenvalue weighted by atomic mass is 9.75. The quantitative estimate of drug-likeness (QED) is 0.295. The van der Waals surface area contributed by atoms with Crippen LogP contribution in [0.4, 0.5) is 0 Å². The molecule has 33 heavy (non-hydrogen) atoms. The molecule has 6 aromatic rings. The Hall–Kier alpha value is -3.28. The minimum absolute atomic E-state index is 0.425. The molecule has 2 aromatic heterocycles. The van der Waals surface area contributed by atoms with E-state index in [1.54, 1.807) is 0 Å². The number of benzene rings is 4. The first-order valence-electron chi connectivity index (χ1n) is 11.5. The van der Waals surface area contributed by atoms with E-state index in [-0.39, 0.29) is 0 Å². The number of aromatic amines is 1. The number of para-hydroxylation sites is 1. The summed E-state index contributed by atoms with van der Waals surface area (Å²) in [6.45, 7) is 8.39. The first kappa shape index (κ1) is 19.2. The van der Waals surface area contributed by atoms with E-state index < -0.39 is 18.3 Å². The third-order valence-corrected chi connectivity index (χ3v) is 7.65. The molecule has 162 valence electrons. The van der Waals surface area contributed by atoms with Gasteiger partial charge in [0.25, 0.3) is 0 Å². The second kappa shape index (κ2) is 6.19. The van der Waals surface area contributed by atoms with E-state index in [2.05, 4.69) is 87.3 Å². The van der Waals surface area contributed by atoms with Gasteiger partial charge in [-0.1, -0.05) is 48.5 Å². The molecule has 0 aliphatic carbocycles. The molecule has 7 rings (SSSR count). The average molecular weight is 433 g/mol. The molecule has 1 N–H and O–H groups in total. The molecule has 0 atom stereocenters. The number of H-pyrrole nitrogens is 1. The average Bonchev–Trinajstić information content (AvgIpc) is 3.42. The zero-order valence-electron chi connectivity index (χ0n) is 19.2. The van der Waals surface area contributed by atoms with Crippen LogP contribution in [0.15, 0.2) is 71.1 Å². The van der Waals surface area contributed by atoms with Crippen molar-refractivity contribution in [3.63, 3.8) is 0 Å². The van der Waals surface area contributed by atoms with Gasteiger partial charge in [-0.25, -0.2) is 0 Å². The summed E-state index contributed by atoms with van der Waals surface area (Å²) in [4.78, 5) is 3.67. The Balaban J connectivity index is 1.68. The van der Waals surface area contributed by atoms with Gasteiger partial charge >= 0.3 is 7.12 Å². The van der Waals surface area contributed by atoms with Crippen LogP contribution in [0.1, 0.15) is 27.7 Å². The predicted molar refractivity (Wildman–Crippen MR) is 136 cm³/mol. The summed E-state index contributed by atoms with van der Waals surface area (Å²) in [5.41, 5.74) is 3.99. The monoisotopic (exact) mass is 433 g/mol. The normalized spacial score (nSPS) is 17.9. The van der Waals surface area contributed by atoms with Gasteiger partial charge in [0.05, 0.1) is 16.7 Å². The van der Waals surface area contributed by atoms with Gasteiger partial charge in [-0.15, -0.1) is 0 Å². The van der Waals surface area contributed by atoms with Gasteiger partial charge in [-0.3, -0.25) is 0 Å². The van der Waals surface area contributed by atoms with E-state index in [1.165, 1.54) is 16.2 Å². The van der Waals surface area contributed by atoms with Crippen molar-refractivity contribution in [2.75, 3.05) is 0 Å². The van der Waals surface area contributed by atoms with Crippen LogP contribution < -0.4 is 5.46 Å². The molecule has 0 radical (unpaired) electrons. The first-order valence-corrected chi connectivity index (χ1v) is 11.5. The molecule has 1 aliphatic heterocycles. The first-order chi connectivity index (χ1) is 15.8. The molecule has 0 spiro atoms. The van der Waals surface area contributed by atoms with Gasteiger partial charge < -0.3 is 18.7 Å². The van der Waals surface area contributed by atoms with Crippen molar-refractivity contribution in [1.29, 1.82) is 0 Å². The molecule has 0 amide bonds. The van der Waals surface area contributed by atoms with Crippen LogP contribution in [0.5, 0.6) is 0 Å². The van der Waals surface area contributed by atoms with E-state index in [1.807, 2.05) is 12.1 Å². The summed E-state index contributed by atoms with van der Waals surface area (Å²) in [6, 6.07) is 23.2. The Kier molecular flexibility index (Phi) is 3.60. The second-order valence-corrected chi connectivity index (χ2v) is 10.1. The molecule has 0 unspecified atom stereocenters. The number of hydrogen-bond acceptors (Lipinski definition) is 3. The summed E-state index contributed by atoms with van der Waals surface area (Å²) < 4.78 is 19.5. The van der Waals surface area contributed by atoms with Crippen molar-refractivity contribution in [2.24, 2.45) is 0 Å². The molecule has 1 fully saturated rings. The molecular formula is C28H24BNO3. The molecule has 0 bridgehead atoms. The van der Waals surface area contributed by atoms with Crippen LogP contribution >= 0.6 is 0 Å². The fraction of sp³-hybridized carbons (Fsp3) is 0.214. The van der Waals surface area contributed by atoms with Crippen LogP contribution in [0.2, 0.25) is 0 Å². The van der Waals surface area contributed by atoms with Gasteiger partial charge in [-0.05, 0) is 62.1 Å². The molecule has 0 saturated carbocycles. The SMILES string of the molecule is CC1(C)OB(c2cc3c4ccccc4oc3c3[nH]c4ccc5ccccc5c4c23)OC1(C)C. The maximum atomic E-state index is 6.56. The van der Waals surface area contributed by atoms with E-state index >= 15 is 0 Å². The van der Waals surface area contributed by atoms with Gasteiger partial charge in [-0.2, -0.15) is 0 Å².